The molecule has 0 saturated carbocycles. The molecule has 1 unspecified atom stereocenters. The molecule has 1 aromatic heterocycles. The summed E-state index contributed by atoms with van der Waals surface area (Å²) in [5.41, 5.74) is -1.15. The normalized spacial score (nSPS) is 28.7. The molecule has 0 aliphatic carbocycles. The lowest BCUT2D eigenvalue weighted by Crippen LogP contribution is -2.53. The van der Waals surface area contributed by atoms with Crippen molar-refractivity contribution in [2.45, 2.75) is 31.3 Å². The van der Waals surface area contributed by atoms with E-state index in [-0.39, 0.29) is 0 Å². The van der Waals surface area contributed by atoms with Crippen LogP contribution in [0.5, 0.6) is 0 Å². The lowest BCUT2D eigenvalue weighted by Gasteiger charge is -2.46. The van der Waals surface area contributed by atoms with Gasteiger partial charge < -0.3 is 15.4 Å². The van der Waals surface area contributed by atoms with Crippen molar-refractivity contribution in [3.8, 4) is 0 Å². The van der Waals surface area contributed by atoms with Gasteiger partial charge >= 0.3 is 0 Å². The molecule has 2 N–H and O–H groups in total. The van der Waals surface area contributed by atoms with Crippen molar-refractivity contribution < 1.29 is 5.11 Å². The highest BCUT2D eigenvalue weighted by Crippen LogP contribution is 2.46. The molecule has 2 heterocycles. The molecule has 0 radical (unpaired) electrons. The van der Waals surface area contributed by atoms with Crippen LogP contribution in [0.3, 0.4) is 0 Å². The third kappa shape index (κ3) is 2.06. The van der Waals surface area contributed by atoms with E-state index in [0.717, 1.165) is 10.6 Å². The van der Waals surface area contributed by atoms with Gasteiger partial charge in [0.1, 0.15) is 0 Å². The SMILES string of the molecule is CC1(C)NC(c2cccnc2)N([O-])[C@@]1(O)c1ccccc1. The average molecular weight is 284 g/mol. The van der Waals surface area contributed by atoms with Crippen molar-refractivity contribution in [3.05, 3.63) is 71.2 Å². The predicted molar refractivity (Wildman–Crippen MR) is 79.7 cm³/mol. The summed E-state index contributed by atoms with van der Waals surface area (Å²) in [4.78, 5) is 4.04. The minimum Gasteiger partial charge on any atom is -0.782 e. The fourth-order valence-corrected chi connectivity index (χ4v) is 2.88. The van der Waals surface area contributed by atoms with E-state index in [4.69, 9.17) is 0 Å². The first-order chi connectivity index (χ1) is 9.97. The average Bonchev–Trinajstić information content (AvgIpc) is 2.70. The van der Waals surface area contributed by atoms with Gasteiger partial charge in [-0.05, 0) is 25.5 Å². The van der Waals surface area contributed by atoms with E-state index in [2.05, 4.69) is 10.3 Å². The fraction of sp³-hybridized carbons (Fsp3) is 0.312. The first-order valence-electron chi connectivity index (χ1n) is 6.89. The van der Waals surface area contributed by atoms with Crippen molar-refractivity contribution in [1.29, 1.82) is 0 Å². The molecule has 1 aromatic carbocycles. The second kappa shape index (κ2) is 4.89. The summed E-state index contributed by atoms with van der Waals surface area (Å²) in [6, 6.07) is 12.6. The molecule has 1 aliphatic rings. The maximum absolute atomic E-state index is 12.8. The lowest BCUT2D eigenvalue weighted by molar-refractivity contribution is -0.109. The van der Waals surface area contributed by atoms with Gasteiger partial charge in [0.25, 0.3) is 0 Å². The molecule has 3 rings (SSSR count). The summed E-state index contributed by atoms with van der Waals surface area (Å²) in [7, 11) is 0. The Labute approximate surface area is 123 Å². The highest BCUT2D eigenvalue weighted by atomic mass is 16.6. The van der Waals surface area contributed by atoms with Crippen molar-refractivity contribution in [1.82, 2.24) is 15.4 Å². The number of pyridine rings is 1. The summed E-state index contributed by atoms with van der Waals surface area (Å²) in [5, 5.41) is 27.9. The van der Waals surface area contributed by atoms with Crippen LogP contribution in [-0.2, 0) is 5.72 Å². The Morgan fingerprint density at radius 2 is 1.90 bits per heavy atom. The molecule has 5 heteroatoms. The smallest absolute Gasteiger partial charge is 0.152 e. The van der Waals surface area contributed by atoms with Gasteiger partial charge in [-0.25, -0.2) is 0 Å². The molecule has 2 aromatic rings. The van der Waals surface area contributed by atoms with Gasteiger partial charge in [0.15, 0.2) is 5.72 Å². The summed E-state index contributed by atoms with van der Waals surface area (Å²) in [5.74, 6) is 0. The molecule has 1 aliphatic heterocycles. The third-order valence-corrected chi connectivity index (χ3v) is 4.10. The van der Waals surface area contributed by atoms with Gasteiger partial charge in [0, 0.05) is 18.0 Å². The molecule has 0 spiro atoms. The number of hydrogen-bond donors (Lipinski definition) is 2. The summed E-state index contributed by atoms with van der Waals surface area (Å²) in [6.45, 7) is 3.64. The number of aliphatic hydroxyl groups is 1. The highest BCUT2D eigenvalue weighted by molar-refractivity contribution is 5.31. The monoisotopic (exact) mass is 284 g/mol. The van der Waals surface area contributed by atoms with Crippen LogP contribution < -0.4 is 5.32 Å². The first-order valence-corrected chi connectivity index (χ1v) is 6.89. The lowest BCUT2D eigenvalue weighted by atomic mass is 9.86. The number of hydroxylamine groups is 2. The number of hydrogen-bond acceptors (Lipinski definition) is 5. The molecule has 1 fully saturated rings. The zero-order valence-corrected chi connectivity index (χ0v) is 12.0. The zero-order chi connectivity index (χ0) is 15.1. The van der Waals surface area contributed by atoms with Gasteiger partial charge in [0.05, 0.1) is 11.7 Å². The predicted octanol–water partition coefficient (Wildman–Crippen LogP) is 2.11. The Bertz CT molecular complexity index is 618. The van der Waals surface area contributed by atoms with E-state index >= 15 is 0 Å². The van der Waals surface area contributed by atoms with Crippen LogP contribution in [0.4, 0.5) is 0 Å². The molecular weight excluding hydrogens is 266 g/mol. The Kier molecular flexibility index (Phi) is 3.30. The molecule has 110 valence electrons. The maximum atomic E-state index is 12.8. The number of aromatic nitrogens is 1. The third-order valence-electron chi connectivity index (χ3n) is 4.10. The molecule has 0 bridgehead atoms. The van der Waals surface area contributed by atoms with Crippen LogP contribution in [0.1, 0.15) is 31.1 Å². The highest BCUT2D eigenvalue weighted by Gasteiger charge is 2.54. The van der Waals surface area contributed by atoms with Crippen molar-refractivity contribution in [2.24, 2.45) is 0 Å². The van der Waals surface area contributed by atoms with Gasteiger partial charge in [-0.3, -0.25) is 10.3 Å². The summed E-state index contributed by atoms with van der Waals surface area (Å²) in [6.07, 6.45) is 2.65. The Hall–Kier alpha value is -1.79. The van der Waals surface area contributed by atoms with E-state index in [1.165, 1.54) is 0 Å². The first kappa shape index (κ1) is 14.2. The van der Waals surface area contributed by atoms with Crippen LogP contribution in [0.25, 0.3) is 0 Å². The van der Waals surface area contributed by atoms with Gasteiger partial charge in [-0.1, -0.05) is 36.4 Å². The Morgan fingerprint density at radius 1 is 1.19 bits per heavy atom. The van der Waals surface area contributed by atoms with Gasteiger partial charge in [-0.2, -0.15) is 0 Å². The minimum absolute atomic E-state index is 0.573. The van der Waals surface area contributed by atoms with Crippen LogP contribution in [0.2, 0.25) is 0 Å². The van der Waals surface area contributed by atoms with Crippen LogP contribution in [0.15, 0.2) is 54.9 Å². The van der Waals surface area contributed by atoms with E-state index < -0.39 is 17.4 Å². The maximum Gasteiger partial charge on any atom is 0.152 e. The van der Waals surface area contributed by atoms with Crippen molar-refractivity contribution >= 4 is 0 Å². The second-order valence-electron chi connectivity index (χ2n) is 5.82. The molecular formula is C16H18N3O2-. The minimum atomic E-state index is -1.64. The van der Waals surface area contributed by atoms with E-state index in [1.54, 1.807) is 30.6 Å². The molecule has 21 heavy (non-hydrogen) atoms. The number of nitrogens with zero attached hydrogens (tertiary/aromatic N) is 2. The van der Waals surface area contributed by atoms with Crippen LogP contribution in [-0.4, -0.2) is 20.7 Å². The van der Waals surface area contributed by atoms with Gasteiger partial charge in [0.2, 0.25) is 0 Å². The standard InChI is InChI=1S/C16H18N3O2/c1-15(2)16(20,13-8-4-3-5-9-13)19(21)14(18-15)12-7-6-10-17-11-12/h3-11,14,18,20H,1-2H3/q-1/t14?,16-/m1/s1. The van der Waals surface area contributed by atoms with E-state index in [1.807, 2.05) is 38.1 Å². The van der Waals surface area contributed by atoms with Crippen molar-refractivity contribution in [3.63, 3.8) is 0 Å². The second-order valence-corrected chi connectivity index (χ2v) is 5.82. The summed E-state index contributed by atoms with van der Waals surface area (Å²) >= 11 is 0. The number of nitrogens with one attached hydrogen (secondary N) is 1. The van der Waals surface area contributed by atoms with Crippen LogP contribution in [0, 0.1) is 5.21 Å². The number of rotatable bonds is 2. The zero-order valence-electron chi connectivity index (χ0n) is 12.0. The van der Waals surface area contributed by atoms with E-state index in [0.29, 0.717) is 5.56 Å². The Balaban J connectivity index is 2.06. The molecule has 0 amide bonds. The molecule has 5 nitrogen and oxygen atoms in total. The van der Waals surface area contributed by atoms with E-state index in [9.17, 15) is 10.3 Å². The molecule has 1 saturated heterocycles. The Morgan fingerprint density at radius 3 is 2.52 bits per heavy atom. The quantitative estimate of drug-likeness (QED) is 0.883. The molecule has 2 atom stereocenters. The van der Waals surface area contributed by atoms with Crippen molar-refractivity contribution in [2.75, 3.05) is 0 Å². The van der Waals surface area contributed by atoms with Crippen LogP contribution >= 0.6 is 0 Å². The topological polar surface area (TPSA) is 71.5 Å². The number of benzene rings is 1. The summed E-state index contributed by atoms with van der Waals surface area (Å²) < 4.78 is 0. The largest absolute Gasteiger partial charge is 0.782 e. The van der Waals surface area contributed by atoms with Gasteiger partial charge in [-0.15, -0.1) is 0 Å². The fourth-order valence-electron chi connectivity index (χ4n) is 2.88.